The molecule has 0 saturated carbocycles. The predicted octanol–water partition coefficient (Wildman–Crippen LogP) is 2.50. The molecule has 94 valence electrons. The molecule has 17 heavy (non-hydrogen) atoms. The average Bonchev–Trinajstić information content (AvgIpc) is 2.22. The zero-order valence-corrected chi connectivity index (χ0v) is 11.2. The number of ether oxygens (including phenoxy) is 1. The summed E-state index contributed by atoms with van der Waals surface area (Å²) in [6.07, 6.45) is 0.527. The Bertz CT molecular complexity index is 407. The van der Waals surface area contributed by atoms with E-state index >= 15 is 0 Å². The number of hydrogen-bond donors (Lipinski definition) is 1. The zero-order chi connectivity index (χ0) is 12.6. The molecule has 2 N–H and O–H groups in total. The van der Waals surface area contributed by atoms with E-state index in [4.69, 9.17) is 10.5 Å². The third-order valence-corrected chi connectivity index (χ3v) is 3.40. The van der Waals surface area contributed by atoms with Crippen LogP contribution >= 0.6 is 0 Å². The van der Waals surface area contributed by atoms with Crippen LogP contribution in [0.25, 0.3) is 0 Å². The zero-order valence-electron chi connectivity index (χ0n) is 11.2. The minimum absolute atomic E-state index is 0.264. The van der Waals surface area contributed by atoms with Crippen LogP contribution < -0.4 is 10.6 Å². The van der Waals surface area contributed by atoms with E-state index in [1.54, 1.807) is 0 Å². The monoisotopic (exact) mass is 234 g/mol. The van der Waals surface area contributed by atoms with Crippen LogP contribution in [0.15, 0.2) is 12.1 Å². The molecule has 0 aromatic heterocycles. The molecule has 0 bridgehead atoms. The molecule has 1 aliphatic heterocycles. The molecule has 0 unspecified atom stereocenters. The van der Waals surface area contributed by atoms with Crippen molar-refractivity contribution >= 4 is 11.4 Å². The van der Waals surface area contributed by atoms with Crippen LogP contribution in [0.3, 0.4) is 0 Å². The van der Waals surface area contributed by atoms with Crippen molar-refractivity contribution in [3.63, 3.8) is 0 Å². The van der Waals surface area contributed by atoms with E-state index < -0.39 is 0 Å². The molecule has 3 nitrogen and oxygen atoms in total. The Labute approximate surface area is 104 Å². The standard InChI is InChI=1S/C14H22N2O/c1-9-5-13(15)14(6-10(9)2)16-7-11(3)17-12(4)8-16/h5-6,11-12H,7-8,15H2,1-4H3/t11-,12-/m0/s1. The molecule has 1 fully saturated rings. The van der Waals surface area contributed by atoms with E-state index in [9.17, 15) is 0 Å². The molecule has 0 spiro atoms. The van der Waals surface area contributed by atoms with Gasteiger partial charge in [0.05, 0.1) is 23.6 Å². The third-order valence-electron chi connectivity index (χ3n) is 3.40. The van der Waals surface area contributed by atoms with E-state index in [0.717, 1.165) is 24.5 Å². The molecule has 1 saturated heterocycles. The Hall–Kier alpha value is -1.22. The normalized spacial score (nSPS) is 25.1. The van der Waals surface area contributed by atoms with Gasteiger partial charge in [0, 0.05) is 13.1 Å². The second-order valence-corrected chi connectivity index (χ2v) is 5.16. The highest BCUT2D eigenvalue weighted by Crippen LogP contribution is 2.29. The molecule has 2 atom stereocenters. The first-order chi connectivity index (χ1) is 7.97. The maximum atomic E-state index is 6.13. The summed E-state index contributed by atoms with van der Waals surface area (Å²) in [6, 6.07) is 4.25. The number of anilines is 2. The largest absolute Gasteiger partial charge is 0.397 e. The summed E-state index contributed by atoms with van der Waals surface area (Å²) in [5.41, 5.74) is 10.7. The summed E-state index contributed by atoms with van der Waals surface area (Å²) >= 11 is 0. The topological polar surface area (TPSA) is 38.5 Å². The fraction of sp³-hybridized carbons (Fsp3) is 0.571. The van der Waals surface area contributed by atoms with Gasteiger partial charge < -0.3 is 15.4 Å². The Kier molecular flexibility index (Phi) is 3.29. The smallest absolute Gasteiger partial charge is 0.0726 e. The Morgan fingerprint density at radius 2 is 1.65 bits per heavy atom. The first-order valence-electron chi connectivity index (χ1n) is 6.24. The number of nitrogens with two attached hydrogens (primary N) is 1. The molecule has 0 aliphatic carbocycles. The van der Waals surface area contributed by atoms with Crippen LogP contribution in [0.5, 0.6) is 0 Å². The summed E-state index contributed by atoms with van der Waals surface area (Å²) in [6.45, 7) is 10.3. The van der Waals surface area contributed by atoms with E-state index in [1.165, 1.54) is 11.1 Å². The van der Waals surface area contributed by atoms with Gasteiger partial charge in [0.15, 0.2) is 0 Å². The molecule has 1 aliphatic rings. The quantitative estimate of drug-likeness (QED) is 0.759. The van der Waals surface area contributed by atoms with Gasteiger partial charge in [-0.25, -0.2) is 0 Å². The molecule has 3 heteroatoms. The van der Waals surface area contributed by atoms with Crippen LogP contribution in [-0.2, 0) is 4.74 Å². The van der Waals surface area contributed by atoms with Crippen molar-refractivity contribution in [1.29, 1.82) is 0 Å². The lowest BCUT2D eigenvalue weighted by Crippen LogP contribution is -2.45. The van der Waals surface area contributed by atoms with Crippen LogP contribution in [0, 0.1) is 13.8 Å². The number of nitrogen functional groups attached to an aromatic ring is 1. The summed E-state index contributed by atoms with van der Waals surface area (Å²) in [4.78, 5) is 2.33. The van der Waals surface area contributed by atoms with Crippen molar-refractivity contribution < 1.29 is 4.74 Å². The van der Waals surface area contributed by atoms with Crippen LogP contribution in [0.4, 0.5) is 11.4 Å². The van der Waals surface area contributed by atoms with Gasteiger partial charge >= 0.3 is 0 Å². The number of benzene rings is 1. The van der Waals surface area contributed by atoms with Crippen molar-refractivity contribution in [1.82, 2.24) is 0 Å². The van der Waals surface area contributed by atoms with Crippen LogP contribution in [0.2, 0.25) is 0 Å². The number of rotatable bonds is 1. The summed E-state index contributed by atoms with van der Waals surface area (Å²) in [5.74, 6) is 0. The van der Waals surface area contributed by atoms with E-state index in [1.807, 2.05) is 0 Å². The van der Waals surface area contributed by atoms with Gasteiger partial charge in [0.1, 0.15) is 0 Å². The molecule has 1 heterocycles. The Balaban J connectivity index is 2.30. The van der Waals surface area contributed by atoms with Gasteiger partial charge in [-0.2, -0.15) is 0 Å². The molecule has 0 amide bonds. The number of nitrogens with zero attached hydrogens (tertiary/aromatic N) is 1. The number of hydrogen-bond acceptors (Lipinski definition) is 3. The van der Waals surface area contributed by atoms with Crippen molar-refractivity contribution in [2.24, 2.45) is 0 Å². The van der Waals surface area contributed by atoms with Crippen molar-refractivity contribution in [2.45, 2.75) is 39.9 Å². The van der Waals surface area contributed by atoms with Crippen molar-refractivity contribution in [2.75, 3.05) is 23.7 Å². The van der Waals surface area contributed by atoms with Gasteiger partial charge in [-0.15, -0.1) is 0 Å². The van der Waals surface area contributed by atoms with Crippen molar-refractivity contribution in [3.8, 4) is 0 Å². The summed E-state index contributed by atoms with van der Waals surface area (Å²) < 4.78 is 5.75. The first kappa shape index (κ1) is 12.2. The van der Waals surface area contributed by atoms with Gasteiger partial charge in [-0.3, -0.25) is 0 Å². The molecule has 0 radical (unpaired) electrons. The summed E-state index contributed by atoms with van der Waals surface area (Å²) in [5, 5.41) is 0. The Morgan fingerprint density at radius 3 is 2.24 bits per heavy atom. The van der Waals surface area contributed by atoms with E-state index in [2.05, 4.69) is 44.7 Å². The fourth-order valence-electron chi connectivity index (χ4n) is 2.47. The number of morpholine rings is 1. The molecular weight excluding hydrogens is 212 g/mol. The first-order valence-corrected chi connectivity index (χ1v) is 6.24. The number of aryl methyl sites for hydroxylation is 2. The highest BCUT2D eigenvalue weighted by atomic mass is 16.5. The third kappa shape index (κ3) is 2.55. The van der Waals surface area contributed by atoms with E-state index in [0.29, 0.717) is 0 Å². The molecular formula is C14H22N2O. The lowest BCUT2D eigenvalue weighted by atomic mass is 10.1. The SMILES string of the molecule is Cc1cc(N)c(N2C[C@H](C)O[C@@H](C)C2)cc1C. The second kappa shape index (κ2) is 4.57. The van der Waals surface area contributed by atoms with E-state index in [-0.39, 0.29) is 12.2 Å². The van der Waals surface area contributed by atoms with Gasteiger partial charge in [-0.1, -0.05) is 0 Å². The van der Waals surface area contributed by atoms with Gasteiger partial charge in [-0.05, 0) is 51.0 Å². The predicted molar refractivity (Wildman–Crippen MR) is 72.6 cm³/mol. The van der Waals surface area contributed by atoms with Gasteiger partial charge in [0.25, 0.3) is 0 Å². The molecule has 1 aromatic rings. The fourth-order valence-corrected chi connectivity index (χ4v) is 2.47. The highest BCUT2D eigenvalue weighted by molar-refractivity contribution is 5.70. The Morgan fingerprint density at radius 1 is 1.12 bits per heavy atom. The van der Waals surface area contributed by atoms with Crippen LogP contribution in [0.1, 0.15) is 25.0 Å². The van der Waals surface area contributed by atoms with Crippen molar-refractivity contribution in [3.05, 3.63) is 23.3 Å². The minimum Gasteiger partial charge on any atom is -0.397 e. The minimum atomic E-state index is 0.264. The van der Waals surface area contributed by atoms with Gasteiger partial charge in [0.2, 0.25) is 0 Å². The van der Waals surface area contributed by atoms with Crippen LogP contribution in [-0.4, -0.2) is 25.3 Å². The summed E-state index contributed by atoms with van der Waals surface area (Å²) in [7, 11) is 0. The maximum Gasteiger partial charge on any atom is 0.0726 e. The average molecular weight is 234 g/mol. The second-order valence-electron chi connectivity index (χ2n) is 5.16. The highest BCUT2D eigenvalue weighted by Gasteiger charge is 2.23. The lowest BCUT2D eigenvalue weighted by molar-refractivity contribution is -0.00517. The lowest BCUT2D eigenvalue weighted by Gasteiger charge is -2.37. The molecule has 2 rings (SSSR count). The maximum absolute atomic E-state index is 6.13. The molecule has 1 aromatic carbocycles.